The number of piperidine rings is 1. The molecule has 27 heavy (non-hydrogen) atoms. The summed E-state index contributed by atoms with van der Waals surface area (Å²) in [6.45, 7) is 7.67. The van der Waals surface area contributed by atoms with E-state index in [9.17, 15) is 0 Å². The van der Waals surface area contributed by atoms with Crippen LogP contribution >= 0.6 is 0 Å². The summed E-state index contributed by atoms with van der Waals surface area (Å²) in [5.74, 6) is 3.02. The maximum absolute atomic E-state index is 4.71. The van der Waals surface area contributed by atoms with Gasteiger partial charge in [-0.3, -0.25) is 9.88 Å². The summed E-state index contributed by atoms with van der Waals surface area (Å²) in [7, 11) is 0. The molecule has 2 aliphatic heterocycles. The molecule has 2 aromatic rings. The van der Waals surface area contributed by atoms with Gasteiger partial charge in [0.05, 0.1) is 6.54 Å². The Labute approximate surface area is 161 Å². The van der Waals surface area contributed by atoms with Crippen molar-refractivity contribution in [2.45, 2.75) is 64.0 Å². The highest BCUT2D eigenvalue weighted by Crippen LogP contribution is 2.40. The number of aryl methyl sites for hydroxylation is 1. The van der Waals surface area contributed by atoms with Gasteiger partial charge in [-0.2, -0.15) is 0 Å². The predicted molar refractivity (Wildman–Crippen MR) is 106 cm³/mol. The van der Waals surface area contributed by atoms with E-state index in [2.05, 4.69) is 43.5 Å². The number of anilines is 1. The van der Waals surface area contributed by atoms with Crippen molar-refractivity contribution in [3.63, 3.8) is 0 Å². The first-order valence-electron chi connectivity index (χ1n) is 10.6. The van der Waals surface area contributed by atoms with Crippen LogP contribution in [0.1, 0.15) is 67.8 Å². The van der Waals surface area contributed by atoms with Gasteiger partial charge in [-0.25, -0.2) is 0 Å². The van der Waals surface area contributed by atoms with Crippen LogP contribution in [0.25, 0.3) is 0 Å². The van der Waals surface area contributed by atoms with Crippen molar-refractivity contribution < 1.29 is 0 Å². The Bertz CT molecular complexity index is 782. The molecule has 5 rings (SSSR count). The molecule has 0 spiro atoms. The molecule has 4 heterocycles. The zero-order valence-electron chi connectivity index (χ0n) is 16.3. The summed E-state index contributed by atoms with van der Waals surface area (Å²) >= 11 is 0. The molecule has 0 N–H and O–H groups in total. The fourth-order valence-electron chi connectivity index (χ4n) is 4.72. The first kappa shape index (κ1) is 17.2. The number of pyridine rings is 1. The van der Waals surface area contributed by atoms with Crippen molar-refractivity contribution in [3.05, 3.63) is 35.7 Å². The summed E-state index contributed by atoms with van der Waals surface area (Å²) in [4.78, 5) is 9.36. The fraction of sp³-hybridized carbons (Fsp3) is 0.667. The number of nitrogens with zero attached hydrogens (tertiary/aromatic N) is 6. The van der Waals surface area contributed by atoms with Crippen LogP contribution in [0.15, 0.2) is 18.3 Å². The molecule has 0 bridgehead atoms. The minimum absolute atomic E-state index is 0.546. The second-order valence-electron chi connectivity index (χ2n) is 8.48. The van der Waals surface area contributed by atoms with Crippen molar-refractivity contribution in [2.24, 2.45) is 0 Å². The molecule has 6 nitrogen and oxygen atoms in total. The summed E-state index contributed by atoms with van der Waals surface area (Å²) in [6, 6.07) is 4.99. The van der Waals surface area contributed by atoms with E-state index in [0.717, 1.165) is 38.2 Å². The Morgan fingerprint density at radius 3 is 2.48 bits per heavy atom. The Morgan fingerprint density at radius 1 is 1.00 bits per heavy atom. The minimum Gasteiger partial charge on any atom is -0.371 e. The Balaban J connectivity index is 1.30. The third-order valence-corrected chi connectivity index (χ3v) is 6.37. The molecule has 0 aromatic carbocycles. The molecule has 0 amide bonds. The molecule has 2 aromatic heterocycles. The highest BCUT2D eigenvalue weighted by molar-refractivity contribution is 5.46. The maximum atomic E-state index is 4.71. The largest absolute Gasteiger partial charge is 0.371 e. The lowest BCUT2D eigenvalue weighted by molar-refractivity contribution is 0.314. The monoisotopic (exact) mass is 366 g/mol. The van der Waals surface area contributed by atoms with E-state index in [4.69, 9.17) is 5.10 Å². The number of hydrogen-bond acceptors (Lipinski definition) is 5. The SMILES string of the molecule is Cc1cc(N2CCC(c3nnc(CN4CCCC4)n3C3CC3)CC2)ccn1. The van der Waals surface area contributed by atoms with Gasteiger partial charge in [0.25, 0.3) is 0 Å². The van der Waals surface area contributed by atoms with E-state index in [1.807, 2.05) is 6.20 Å². The smallest absolute Gasteiger partial charge is 0.147 e. The third kappa shape index (κ3) is 3.59. The van der Waals surface area contributed by atoms with Crippen LogP contribution in [0.2, 0.25) is 0 Å². The van der Waals surface area contributed by atoms with Gasteiger partial charge in [-0.15, -0.1) is 10.2 Å². The van der Waals surface area contributed by atoms with E-state index in [1.165, 1.54) is 56.1 Å². The maximum Gasteiger partial charge on any atom is 0.147 e. The molecular weight excluding hydrogens is 336 g/mol. The van der Waals surface area contributed by atoms with Gasteiger partial charge in [-0.05, 0) is 70.7 Å². The van der Waals surface area contributed by atoms with E-state index in [-0.39, 0.29) is 0 Å². The van der Waals surface area contributed by atoms with Crippen LogP contribution in [0.3, 0.4) is 0 Å². The second kappa shape index (κ2) is 7.23. The van der Waals surface area contributed by atoms with Crippen molar-refractivity contribution >= 4 is 5.69 Å². The predicted octanol–water partition coefficient (Wildman–Crippen LogP) is 3.30. The van der Waals surface area contributed by atoms with E-state index in [0.29, 0.717) is 12.0 Å². The van der Waals surface area contributed by atoms with Gasteiger partial charge >= 0.3 is 0 Å². The quantitative estimate of drug-likeness (QED) is 0.813. The Morgan fingerprint density at radius 2 is 1.78 bits per heavy atom. The van der Waals surface area contributed by atoms with Crippen LogP contribution in [0.5, 0.6) is 0 Å². The molecule has 1 saturated carbocycles. The summed E-state index contributed by atoms with van der Waals surface area (Å²) in [6.07, 6.45) is 9.51. The highest BCUT2D eigenvalue weighted by atomic mass is 15.3. The van der Waals surface area contributed by atoms with Crippen molar-refractivity contribution in [2.75, 3.05) is 31.1 Å². The highest BCUT2D eigenvalue weighted by Gasteiger charge is 2.34. The zero-order chi connectivity index (χ0) is 18.2. The molecule has 0 atom stereocenters. The van der Waals surface area contributed by atoms with Gasteiger partial charge in [0.2, 0.25) is 0 Å². The molecular formula is C21H30N6. The molecule has 6 heteroatoms. The van der Waals surface area contributed by atoms with E-state index < -0.39 is 0 Å². The number of likely N-dealkylation sites (tertiary alicyclic amines) is 1. The van der Waals surface area contributed by atoms with Gasteiger partial charge in [0.15, 0.2) is 0 Å². The normalized spacial score (nSPS) is 21.9. The lowest BCUT2D eigenvalue weighted by Crippen LogP contribution is -2.34. The molecule has 144 valence electrons. The molecule has 1 aliphatic carbocycles. The van der Waals surface area contributed by atoms with Crippen molar-refractivity contribution in [3.8, 4) is 0 Å². The summed E-state index contributed by atoms with van der Waals surface area (Å²) in [5, 5.41) is 9.37. The van der Waals surface area contributed by atoms with Gasteiger partial charge in [-0.1, -0.05) is 0 Å². The summed E-state index contributed by atoms with van der Waals surface area (Å²) < 4.78 is 2.52. The van der Waals surface area contributed by atoms with Gasteiger partial charge in [0, 0.05) is 42.6 Å². The number of rotatable bonds is 5. The van der Waals surface area contributed by atoms with Crippen LogP contribution in [-0.2, 0) is 6.54 Å². The van der Waals surface area contributed by atoms with Crippen LogP contribution in [-0.4, -0.2) is 50.8 Å². The standard InChI is InChI=1S/C21H30N6/c1-16-14-19(6-9-22-16)26-12-7-17(8-13-26)21-24-23-20(27(21)18-4-5-18)15-25-10-2-3-11-25/h6,9,14,17-18H,2-5,7-8,10-13,15H2,1H3. The molecule has 3 aliphatic rings. The fourth-order valence-corrected chi connectivity index (χ4v) is 4.72. The van der Waals surface area contributed by atoms with Crippen LogP contribution < -0.4 is 4.90 Å². The summed E-state index contributed by atoms with van der Waals surface area (Å²) in [5.41, 5.74) is 2.40. The average Bonchev–Trinajstić information content (AvgIpc) is 3.23. The minimum atomic E-state index is 0.546. The molecule has 0 radical (unpaired) electrons. The van der Waals surface area contributed by atoms with E-state index >= 15 is 0 Å². The Kier molecular flexibility index (Phi) is 4.60. The topological polar surface area (TPSA) is 50.1 Å². The lowest BCUT2D eigenvalue weighted by Gasteiger charge is -2.33. The molecule has 3 fully saturated rings. The number of aromatic nitrogens is 4. The third-order valence-electron chi connectivity index (χ3n) is 6.37. The van der Waals surface area contributed by atoms with Gasteiger partial charge < -0.3 is 9.47 Å². The van der Waals surface area contributed by atoms with Crippen LogP contribution in [0.4, 0.5) is 5.69 Å². The molecule has 0 unspecified atom stereocenters. The zero-order valence-corrected chi connectivity index (χ0v) is 16.3. The van der Waals surface area contributed by atoms with Crippen molar-refractivity contribution in [1.29, 1.82) is 0 Å². The van der Waals surface area contributed by atoms with Crippen molar-refractivity contribution in [1.82, 2.24) is 24.6 Å². The first-order valence-corrected chi connectivity index (χ1v) is 10.6. The van der Waals surface area contributed by atoms with Gasteiger partial charge in [0.1, 0.15) is 11.6 Å². The average molecular weight is 367 g/mol. The number of hydrogen-bond donors (Lipinski definition) is 0. The first-order chi connectivity index (χ1) is 13.3. The lowest BCUT2D eigenvalue weighted by atomic mass is 9.95. The second-order valence-corrected chi connectivity index (χ2v) is 8.48. The van der Waals surface area contributed by atoms with Crippen LogP contribution in [0, 0.1) is 6.92 Å². The van der Waals surface area contributed by atoms with E-state index in [1.54, 1.807) is 0 Å². The molecule has 2 saturated heterocycles. The Hall–Kier alpha value is -1.95.